The van der Waals surface area contributed by atoms with Crippen LogP contribution in [0.25, 0.3) is 11.0 Å². The van der Waals surface area contributed by atoms with E-state index in [2.05, 4.69) is 24.6 Å². The van der Waals surface area contributed by atoms with Gasteiger partial charge in [-0.2, -0.15) is 13.2 Å². The van der Waals surface area contributed by atoms with Crippen molar-refractivity contribution in [3.05, 3.63) is 30.1 Å². The Morgan fingerprint density at radius 3 is 2.57 bits per heavy atom. The second-order valence-corrected chi connectivity index (χ2v) is 11.9. The maximum atomic E-state index is 12.6. The number of hydrogen-bond donors (Lipinski definition) is 0. The summed E-state index contributed by atoms with van der Waals surface area (Å²) in [5, 5.41) is 0. The summed E-state index contributed by atoms with van der Waals surface area (Å²) >= 11 is 0. The van der Waals surface area contributed by atoms with Gasteiger partial charge < -0.3 is 9.30 Å². The van der Waals surface area contributed by atoms with E-state index in [1.165, 1.54) is 12.4 Å². The Morgan fingerprint density at radius 1 is 1.24 bits per heavy atom. The Hall–Kier alpha value is -1.34. The number of nitrogens with zero attached hydrogens (tertiary/aromatic N) is 2. The van der Waals surface area contributed by atoms with Crippen molar-refractivity contribution in [2.24, 2.45) is 0 Å². The molecular weight excluding hydrogens is 297 g/mol. The summed E-state index contributed by atoms with van der Waals surface area (Å²) in [6.07, 6.45) is -2.83. The third-order valence-electron chi connectivity index (χ3n) is 3.18. The normalized spacial score (nSPS) is 13.0. The molecule has 0 amide bonds. The smallest absolute Gasteiger partial charge is 0.361 e. The maximum Gasteiger partial charge on any atom is 0.416 e. The number of halogens is 3. The number of aromatic nitrogens is 2. The number of alkyl halides is 3. The summed E-state index contributed by atoms with van der Waals surface area (Å²) in [5.74, 6) is 0. The van der Waals surface area contributed by atoms with E-state index >= 15 is 0 Å². The van der Waals surface area contributed by atoms with Gasteiger partial charge >= 0.3 is 6.18 Å². The van der Waals surface area contributed by atoms with Crippen LogP contribution in [0.4, 0.5) is 13.2 Å². The van der Waals surface area contributed by atoms with Gasteiger partial charge in [0.15, 0.2) is 0 Å². The summed E-state index contributed by atoms with van der Waals surface area (Å²) in [6.45, 7) is 7.77. The largest absolute Gasteiger partial charge is 0.416 e. The van der Waals surface area contributed by atoms with Crippen molar-refractivity contribution >= 4 is 19.1 Å². The fraction of sp³-hybridized carbons (Fsp3) is 0.500. The predicted molar refractivity (Wildman–Crippen MR) is 78.8 cm³/mol. The van der Waals surface area contributed by atoms with Crippen LogP contribution >= 0.6 is 0 Å². The number of benzene rings is 1. The van der Waals surface area contributed by atoms with Crippen molar-refractivity contribution in [3.8, 4) is 0 Å². The lowest BCUT2D eigenvalue weighted by atomic mass is 10.2. The Balaban J connectivity index is 2.05. The first-order valence-corrected chi connectivity index (χ1v) is 10.5. The average molecular weight is 316 g/mol. The molecule has 2 aromatic rings. The van der Waals surface area contributed by atoms with Crippen LogP contribution in [0.1, 0.15) is 5.56 Å². The second kappa shape index (κ2) is 5.80. The molecule has 1 aromatic carbocycles. The van der Waals surface area contributed by atoms with Crippen molar-refractivity contribution < 1.29 is 17.9 Å². The van der Waals surface area contributed by atoms with Crippen molar-refractivity contribution in [2.75, 3.05) is 6.61 Å². The Labute approximate surface area is 122 Å². The fourth-order valence-corrected chi connectivity index (χ4v) is 2.64. The van der Waals surface area contributed by atoms with Crippen molar-refractivity contribution in [1.29, 1.82) is 0 Å². The lowest BCUT2D eigenvalue weighted by molar-refractivity contribution is -0.137. The van der Waals surface area contributed by atoms with E-state index in [4.69, 9.17) is 4.74 Å². The minimum absolute atomic E-state index is 0.312. The summed E-state index contributed by atoms with van der Waals surface area (Å²) in [5.41, 5.74) is 0.300. The van der Waals surface area contributed by atoms with Crippen LogP contribution in [0, 0.1) is 0 Å². The molecule has 116 valence electrons. The molecule has 1 aromatic heterocycles. The molecule has 0 atom stereocenters. The van der Waals surface area contributed by atoms with Crippen LogP contribution in [0.5, 0.6) is 0 Å². The molecule has 3 nitrogen and oxygen atoms in total. The maximum absolute atomic E-state index is 12.6. The molecule has 0 aliphatic heterocycles. The molecule has 1 heterocycles. The molecule has 0 spiro atoms. The highest BCUT2D eigenvalue weighted by molar-refractivity contribution is 6.76. The van der Waals surface area contributed by atoms with Gasteiger partial charge in [0.2, 0.25) is 0 Å². The Morgan fingerprint density at radius 2 is 1.95 bits per heavy atom. The summed E-state index contributed by atoms with van der Waals surface area (Å²) in [4.78, 5) is 4.01. The number of ether oxygens (including phenoxy) is 1. The van der Waals surface area contributed by atoms with Crippen LogP contribution in [0.2, 0.25) is 25.7 Å². The van der Waals surface area contributed by atoms with Crippen LogP contribution in [-0.4, -0.2) is 24.2 Å². The molecule has 0 aliphatic carbocycles. The zero-order valence-corrected chi connectivity index (χ0v) is 13.4. The minimum Gasteiger partial charge on any atom is -0.361 e. The molecular formula is C14H19F3N2OSi. The molecule has 0 radical (unpaired) electrons. The third-order valence-corrected chi connectivity index (χ3v) is 4.88. The summed E-state index contributed by atoms with van der Waals surface area (Å²) < 4.78 is 45.2. The lowest BCUT2D eigenvalue weighted by Crippen LogP contribution is -2.21. The minimum atomic E-state index is -4.34. The molecule has 0 saturated carbocycles. The van der Waals surface area contributed by atoms with Gasteiger partial charge in [0.1, 0.15) is 6.73 Å². The lowest BCUT2D eigenvalue weighted by Gasteiger charge is -2.15. The molecule has 0 unspecified atom stereocenters. The van der Waals surface area contributed by atoms with Gasteiger partial charge in [0, 0.05) is 14.7 Å². The van der Waals surface area contributed by atoms with E-state index in [0.29, 0.717) is 24.4 Å². The van der Waals surface area contributed by atoms with Gasteiger partial charge in [0.25, 0.3) is 0 Å². The van der Waals surface area contributed by atoms with E-state index in [0.717, 1.165) is 18.2 Å². The first-order chi connectivity index (χ1) is 9.67. The van der Waals surface area contributed by atoms with E-state index < -0.39 is 19.8 Å². The molecule has 0 N–H and O–H groups in total. The van der Waals surface area contributed by atoms with E-state index in [-0.39, 0.29) is 0 Å². The van der Waals surface area contributed by atoms with Gasteiger partial charge in [-0.1, -0.05) is 19.6 Å². The SMILES string of the molecule is C[Si](C)(C)CCOCn1cnc2cc(C(F)(F)F)ccc21. The quantitative estimate of drug-likeness (QED) is 0.605. The topological polar surface area (TPSA) is 27.1 Å². The van der Waals surface area contributed by atoms with Gasteiger partial charge in [0.05, 0.1) is 22.9 Å². The van der Waals surface area contributed by atoms with Crippen molar-refractivity contribution in [3.63, 3.8) is 0 Å². The number of hydrogen-bond acceptors (Lipinski definition) is 2. The molecule has 0 saturated heterocycles. The zero-order chi connectivity index (χ0) is 15.7. The molecule has 0 bridgehead atoms. The van der Waals surface area contributed by atoms with Crippen LogP contribution in [0.15, 0.2) is 24.5 Å². The number of rotatable bonds is 5. The highest BCUT2D eigenvalue weighted by Gasteiger charge is 2.30. The summed E-state index contributed by atoms with van der Waals surface area (Å²) in [6, 6.07) is 4.63. The molecule has 7 heteroatoms. The van der Waals surface area contributed by atoms with Gasteiger partial charge in [-0.3, -0.25) is 0 Å². The average Bonchev–Trinajstić information content (AvgIpc) is 2.75. The first kappa shape index (κ1) is 16.0. The van der Waals surface area contributed by atoms with Crippen molar-refractivity contribution in [2.45, 2.75) is 38.6 Å². The highest BCUT2D eigenvalue weighted by atomic mass is 28.3. The Bertz CT molecular complexity index is 617. The molecule has 21 heavy (non-hydrogen) atoms. The Kier molecular flexibility index (Phi) is 4.43. The monoisotopic (exact) mass is 316 g/mol. The zero-order valence-electron chi connectivity index (χ0n) is 12.4. The number of imidazole rings is 1. The molecule has 0 fully saturated rings. The van der Waals surface area contributed by atoms with Gasteiger partial charge in [-0.05, 0) is 24.2 Å². The highest BCUT2D eigenvalue weighted by Crippen LogP contribution is 2.31. The second-order valence-electron chi connectivity index (χ2n) is 6.26. The third kappa shape index (κ3) is 4.31. The van der Waals surface area contributed by atoms with E-state index in [9.17, 15) is 13.2 Å². The molecule has 0 aliphatic rings. The van der Waals surface area contributed by atoms with Crippen molar-refractivity contribution in [1.82, 2.24) is 9.55 Å². The standard InChI is InChI=1S/C14H19F3N2OSi/c1-21(2,3)7-6-20-10-19-9-18-12-8-11(14(15,16)17)4-5-13(12)19/h4-5,8-9H,6-7,10H2,1-3H3. The van der Waals surface area contributed by atoms with Crippen LogP contribution in [0.3, 0.4) is 0 Å². The van der Waals surface area contributed by atoms with Crippen LogP contribution < -0.4 is 0 Å². The van der Waals surface area contributed by atoms with E-state index in [1.54, 1.807) is 4.57 Å². The fourth-order valence-electron chi connectivity index (χ4n) is 1.88. The van der Waals surface area contributed by atoms with E-state index in [1.807, 2.05) is 0 Å². The van der Waals surface area contributed by atoms with Gasteiger partial charge in [-0.25, -0.2) is 4.98 Å². The van der Waals surface area contributed by atoms with Gasteiger partial charge in [-0.15, -0.1) is 0 Å². The molecule has 2 rings (SSSR count). The van der Waals surface area contributed by atoms with Crippen LogP contribution in [-0.2, 0) is 17.6 Å². The number of fused-ring (bicyclic) bond motifs is 1. The summed E-state index contributed by atoms with van der Waals surface area (Å²) in [7, 11) is -1.14. The first-order valence-electron chi connectivity index (χ1n) is 6.77. The predicted octanol–water partition coefficient (Wildman–Crippen LogP) is 4.37.